The largest absolute Gasteiger partial charge is 0.329 e. The van der Waals surface area contributed by atoms with Crippen molar-refractivity contribution in [1.29, 1.82) is 0 Å². The molecule has 4 nitrogen and oxygen atoms in total. The number of carbonyl (C=O) groups excluding carboxylic acids is 1. The standard InChI is InChI=1S/C20H16FN3O/c21-13-10-8-12(9-11-13)19-18-15(5-3-7-17(18)25)23-20-22-14-4-1-2-6-16(14)24(19)20/h1-2,4,6,8-11,19H,3,5,7H2,(H,22,23)/t19-/m0/s1. The highest BCUT2D eigenvalue weighted by Gasteiger charge is 2.36. The number of carbonyl (C=O) groups is 1. The molecule has 0 radical (unpaired) electrons. The molecule has 2 aromatic carbocycles. The van der Waals surface area contributed by atoms with Crippen LogP contribution in [0.15, 0.2) is 59.8 Å². The number of fused-ring (bicyclic) bond motifs is 3. The maximum Gasteiger partial charge on any atom is 0.209 e. The van der Waals surface area contributed by atoms with Crippen molar-refractivity contribution in [2.75, 3.05) is 5.32 Å². The fourth-order valence-electron chi connectivity index (χ4n) is 3.93. The molecule has 0 bridgehead atoms. The lowest BCUT2D eigenvalue weighted by Gasteiger charge is -2.33. The second kappa shape index (κ2) is 5.28. The van der Waals surface area contributed by atoms with Crippen molar-refractivity contribution < 1.29 is 9.18 Å². The predicted octanol–water partition coefficient (Wildman–Crippen LogP) is 4.20. The number of anilines is 1. The van der Waals surface area contributed by atoms with Gasteiger partial charge in [0.15, 0.2) is 5.78 Å². The third kappa shape index (κ3) is 2.12. The zero-order valence-electron chi connectivity index (χ0n) is 13.5. The maximum absolute atomic E-state index is 13.4. The number of hydrogen-bond donors (Lipinski definition) is 1. The number of rotatable bonds is 1. The van der Waals surface area contributed by atoms with E-state index >= 15 is 0 Å². The lowest BCUT2D eigenvalue weighted by atomic mass is 9.85. The minimum Gasteiger partial charge on any atom is -0.329 e. The Morgan fingerprint density at radius 2 is 1.88 bits per heavy atom. The van der Waals surface area contributed by atoms with Crippen molar-refractivity contribution in [2.24, 2.45) is 0 Å². The number of ketones is 1. The SMILES string of the molecule is O=C1CCCC2=C1[C@H](c1ccc(F)cc1)n1c(nc3ccccc31)N2. The third-order valence-corrected chi connectivity index (χ3v) is 5.03. The molecule has 0 saturated heterocycles. The normalized spacial score (nSPS) is 19.6. The molecule has 0 spiro atoms. The number of aromatic nitrogens is 2. The van der Waals surface area contributed by atoms with Crippen LogP contribution in [0.5, 0.6) is 0 Å². The molecule has 25 heavy (non-hydrogen) atoms. The number of Topliss-reactive ketones (excluding diaryl/α,β-unsaturated/α-hetero) is 1. The number of imidazole rings is 1. The average molecular weight is 333 g/mol. The van der Waals surface area contributed by atoms with Gasteiger partial charge >= 0.3 is 0 Å². The summed E-state index contributed by atoms with van der Waals surface area (Å²) in [6.07, 6.45) is 2.24. The van der Waals surface area contributed by atoms with Crippen LogP contribution >= 0.6 is 0 Å². The fourth-order valence-corrected chi connectivity index (χ4v) is 3.93. The minimum absolute atomic E-state index is 0.159. The molecule has 0 fully saturated rings. The van der Waals surface area contributed by atoms with E-state index < -0.39 is 0 Å². The smallest absolute Gasteiger partial charge is 0.209 e. The van der Waals surface area contributed by atoms with E-state index in [0.717, 1.165) is 46.7 Å². The fraction of sp³-hybridized carbons (Fsp3) is 0.200. The zero-order valence-corrected chi connectivity index (χ0v) is 13.5. The number of nitrogens with one attached hydrogen (secondary N) is 1. The Morgan fingerprint density at radius 3 is 2.72 bits per heavy atom. The summed E-state index contributed by atoms with van der Waals surface area (Å²) in [5.41, 5.74) is 4.48. The van der Waals surface area contributed by atoms with Crippen molar-refractivity contribution in [1.82, 2.24) is 9.55 Å². The highest BCUT2D eigenvalue weighted by molar-refractivity contribution is 6.00. The van der Waals surface area contributed by atoms with E-state index in [1.54, 1.807) is 12.1 Å². The van der Waals surface area contributed by atoms with Crippen LogP contribution < -0.4 is 5.32 Å². The van der Waals surface area contributed by atoms with Crippen LogP contribution in [0.3, 0.4) is 0 Å². The lowest BCUT2D eigenvalue weighted by Crippen LogP contribution is -2.30. The second-order valence-corrected chi connectivity index (χ2v) is 6.54. The lowest BCUT2D eigenvalue weighted by molar-refractivity contribution is -0.116. The molecule has 1 aliphatic heterocycles. The monoisotopic (exact) mass is 333 g/mol. The molecule has 2 heterocycles. The van der Waals surface area contributed by atoms with Crippen LogP contribution in [0.1, 0.15) is 30.9 Å². The number of halogens is 1. The molecule has 0 amide bonds. The molecule has 1 aliphatic carbocycles. The Hall–Kier alpha value is -2.95. The summed E-state index contributed by atoms with van der Waals surface area (Å²) < 4.78 is 15.5. The number of para-hydroxylation sites is 2. The van der Waals surface area contributed by atoms with Crippen LogP contribution in [0.25, 0.3) is 11.0 Å². The quantitative estimate of drug-likeness (QED) is 0.726. The summed E-state index contributed by atoms with van der Waals surface area (Å²) >= 11 is 0. The van der Waals surface area contributed by atoms with Crippen LogP contribution in [-0.2, 0) is 4.79 Å². The predicted molar refractivity (Wildman–Crippen MR) is 93.8 cm³/mol. The third-order valence-electron chi connectivity index (χ3n) is 5.03. The van der Waals surface area contributed by atoms with E-state index in [0.29, 0.717) is 6.42 Å². The molecule has 3 aromatic rings. The van der Waals surface area contributed by atoms with E-state index in [1.807, 2.05) is 24.3 Å². The molecule has 1 atom stereocenters. The topological polar surface area (TPSA) is 46.9 Å². The van der Waals surface area contributed by atoms with E-state index in [9.17, 15) is 9.18 Å². The summed E-state index contributed by atoms with van der Waals surface area (Å²) in [6, 6.07) is 14.0. The van der Waals surface area contributed by atoms with E-state index in [4.69, 9.17) is 4.98 Å². The van der Waals surface area contributed by atoms with E-state index in [2.05, 4.69) is 9.88 Å². The van der Waals surface area contributed by atoms with Gasteiger partial charge in [-0.2, -0.15) is 0 Å². The molecule has 0 unspecified atom stereocenters. The number of hydrogen-bond acceptors (Lipinski definition) is 3. The number of benzene rings is 2. The summed E-state index contributed by atoms with van der Waals surface area (Å²) in [5, 5.41) is 3.37. The molecular formula is C20H16FN3O. The van der Waals surface area contributed by atoms with Gasteiger partial charge in [-0.15, -0.1) is 0 Å². The van der Waals surface area contributed by atoms with Gasteiger partial charge in [0.2, 0.25) is 5.95 Å². The number of nitrogens with zero attached hydrogens (tertiary/aromatic N) is 2. The van der Waals surface area contributed by atoms with Crippen molar-refractivity contribution in [3.63, 3.8) is 0 Å². The molecule has 124 valence electrons. The molecule has 5 heteroatoms. The Balaban J connectivity index is 1.81. The van der Waals surface area contributed by atoms with Gasteiger partial charge in [-0.25, -0.2) is 9.37 Å². The van der Waals surface area contributed by atoms with Crippen LogP contribution in [0.2, 0.25) is 0 Å². The first-order valence-electron chi connectivity index (χ1n) is 8.48. The zero-order chi connectivity index (χ0) is 17.0. The molecule has 1 N–H and O–H groups in total. The van der Waals surface area contributed by atoms with Crippen molar-refractivity contribution in [3.05, 3.63) is 71.2 Å². The van der Waals surface area contributed by atoms with Gasteiger partial charge in [0, 0.05) is 17.7 Å². The Morgan fingerprint density at radius 1 is 1.08 bits per heavy atom. The van der Waals surface area contributed by atoms with Crippen molar-refractivity contribution >= 4 is 22.8 Å². The molecular weight excluding hydrogens is 317 g/mol. The molecule has 1 aromatic heterocycles. The Bertz CT molecular complexity index is 1030. The second-order valence-electron chi connectivity index (χ2n) is 6.54. The average Bonchev–Trinajstić information content (AvgIpc) is 2.99. The maximum atomic E-state index is 13.4. The molecule has 2 aliphatic rings. The van der Waals surface area contributed by atoms with Gasteiger partial charge in [0.05, 0.1) is 17.1 Å². The Labute approximate surface area is 144 Å². The Kier molecular flexibility index (Phi) is 3.04. The van der Waals surface area contributed by atoms with Gasteiger partial charge in [0.1, 0.15) is 5.82 Å². The number of allylic oxidation sites excluding steroid dienone is 2. The first-order chi connectivity index (χ1) is 12.2. The molecule has 5 rings (SSSR count). The summed E-state index contributed by atoms with van der Waals surface area (Å²) in [4.78, 5) is 17.4. The van der Waals surface area contributed by atoms with Gasteiger partial charge in [0.25, 0.3) is 0 Å². The van der Waals surface area contributed by atoms with Gasteiger partial charge in [-0.1, -0.05) is 24.3 Å². The van der Waals surface area contributed by atoms with E-state index in [-0.39, 0.29) is 17.6 Å². The van der Waals surface area contributed by atoms with Gasteiger partial charge in [-0.3, -0.25) is 9.36 Å². The van der Waals surface area contributed by atoms with Crippen LogP contribution in [-0.4, -0.2) is 15.3 Å². The summed E-state index contributed by atoms with van der Waals surface area (Å²) in [6.45, 7) is 0. The van der Waals surface area contributed by atoms with Gasteiger partial charge < -0.3 is 5.32 Å². The van der Waals surface area contributed by atoms with Crippen molar-refractivity contribution in [2.45, 2.75) is 25.3 Å². The highest BCUT2D eigenvalue weighted by Crippen LogP contribution is 2.42. The highest BCUT2D eigenvalue weighted by atomic mass is 19.1. The van der Waals surface area contributed by atoms with Crippen LogP contribution in [0, 0.1) is 5.82 Å². The van der Waals surface area contributed by atoms with E-state index in [1.165, 1.54) is 12.1 Å². The van der Waals surface area contributed by atoms with Crippen LogP contribution in [0.4, 0.5) is 10.3 Å². The first-order valence-corrected chi connectivity index (χ1v) is 8.48. The first kappa shape index (κ1) is 14.4. The molecule has 0 saturated carbocycles. The van der Waals surface area contributed by atoms with Crippen molar-refractivity contribution in [3.8, 4) is 0 Å². The van der Waals surface area contributed by atoms with Gasteiger partial charge in [-0.05, 0) is 42.7 Å². The summed E-state index contributed by atoms with van der Waals surface area (Å²) in [7, 11) is 0. The minimum atomic E-state index is -0.280. The summed E-state index contributed by atoms with van der Waals surface area (Å²) in [5.74, 6) is 0.619.